The number of rotatable bonds is 5. The molecule has 0 aliphatic carbocycles. The Balaban J connectivity index is 2.19. The smallest absolute Gasteiger partial charge is 0.195 e. The maximum Gasteiger partial charge on any atom is 0.195 e. The molecule has 5 N–H and O–H groups in total. The molecule has 136 valence electrons. The topological polar surface area (TPSA) is 94.3 Å². The SMILES string of the molecule is NCCCNc1c(F)cc(F)c2oc(-c3ccc(N)c(F)c3)cc(=O)c12. The van der Waals surface area contributed by atoms with Crippen molar-refractivity contribution >= 4 is 22.3 Å². The standard InChI is InChI=1S/C18H16F3N3O2/c19-10-6-9(2-3-13(10)23)15-8-14(25)16-17(24-5-1-4-22)11(20)7-12(21)18(16)26-15/h2-3,6-8,24H,1,4-5,22-23H2. The summed E-state index contributed by atoms with van der Waals surface area (Å²) >= 11 is 0. The van der Waals surface area contributed by atoms with Crippen LogP contribution >= 0.6 is 0 Å². The summed E-state index contributed by atoms with van der Waals surface area (Å²) in [6.45, 7) is 0.674. The summed E-state index contributed by atoms with van der Waals surface area (Å²) < 4.78 is 47.5. The van der Waals surface area contributed by atoms with Crippen molar-refractivity contribution in [2.75, 3.05) is 24.1 Å². The molecule has 0 unspecified atom stereocenters. The summed E-state index contributed by atoms with van der Waals surface area (Å²) in [5, 5.41) is 2.49. The first-order valence-corrected chi connectivity index (χ1v) is 7.87. The third-order valence-corrected chi connectivity index (χ3v) is 3.87. The van der Waals surface area contributed by atoms with Crippen LogP contribution in [-0.4, -0.2) is 13.1 Å². The van der Waals surface area contributed by atoms with Crippen molar-refractivity contribution in [3.63, 3.8) is 0 Å². The Hall–Kier alpha value is -3.00. The lowest BCUT2D eigenvalue weighted by atomic mass is 10.1. The molecule has 8 heteroatoms. The summed E-state index contributed by atoms with van der Waals surface area (Å²) in [4.78, 5) is 12.5. The monoisotopic (exact) mass is 363 g/mol. The van der Waals surface area contributed by atoms with Crippen molar-refractivity contribution in [2.24, 2.45) is 5.73 Å². The molecule has 0 aliphatic rings. The average Bonchev–Trinajstić information content (AvgIpc) is 2.60. The largest absolute Gasteiger partial charge is 0.453 e. The summed E-state index contributed by atoms with van der Waals surface area (Å²) in [5.41, 5.74) is 9.71. The maximum absolute atomic E-state index is 14.2. The molecule has 3 rings (SSSR count). The van der Waals surface area contributed by atoms with Crippen LogP contribution in [0, 0.1) is 17.5 Å². The van der Waals surface area contributed by atoms with Crippen LogP contribution in [0.3, 0.4) is 0 Å². The molecule has 1 heterocycles. The minimum absolute atomic E-state index is 0.0557. The van der Waals surface area contributed by atoms with Crippen molar-refractivity contribution in [3.05, 3.63) is 58.0 Å². The number of anilines is 2. The Kier molecular flexibility index (Phi) is 4.85. The van der Waals surface area contributed by atoms with Crippen LogP contribution in [0.5, 0.6) is 0 Å². The van der Waals surface area contributed by atoms with Gasteiger partial charge in [0, 0.05) is 24.2 Å². The second kappa shape index (κ2) is 7.09. The molecule has 0 saturated carbocycles. The van der Waals surface area contributed by atoms with Crippen LogP contribution in [0.25, 0.3) is 22.3 Å². The van der Waals surface area contributed by atoms with Crippen LogP contribution in [0.1, 0.15) is 6.42 Å². The lowest BCUT2D eigenvalue weighted by Crippen LogP contribution is -2.13. The molecule has 2 aromatic carbocycles. The number of benzene rings is 2. The van der Waals surface area contributed by atoms with Gasteiger partial charge in [-0.25, -0.2) is 13.2 Å². The Labute approximate surface area is 146 Å². The number of nitrogen functional groups attached to an aromatic ring is 1. The first-order valence-electron chi connectivity index (χ1n) is 7.87. The van der Waals surface area contributed by atoms with Gasteiger partial charge in [0.15, 0.2) is 16.8 Å². The molecule has 0 radical (unpaired) electrons. The van der Waals surface area contributed by atoms with Gasteiger partial charge >= 0.3 is 0 Å². The van der Waals surface area contributed by atoms with Gasteiger partial charge in [-0.05, 0) is 31.2 Å². The van der Waals surface area contributed by atoms with Crippen LogP contribution in [0.15, 0.2) is 39.5 Å². The zero-order valence-corrected chi connectivity index (χ0v) is 13.6. The fourth-order valence-corrected chi connectivity index (χ4v) is 2.58. The van der Waals surface area contributed by atoms with Crippen LogP contribution in [-0.2, 0) is 0 Å². The quantitative estimate of drug-likeness (QED) is 0.478. The van der Waals surface area contributed by atoms with Crippen molar-refractivity contribution < 1.29 is 17.6 Å². The molecule has 0 atom stereocenters. The molecule has 0 fully saturated rings. The highest BCUT2D eigenvalue weighted by Crippen LogP contribution is 2.31. The third-order valence-electron chi connectivity index (χ3n) is 3.87. The second-order valence-corrected chi connectivity index (χ2v) is 5.70. The lowest BCUT2D eigenvalue weighted by Gasteiger charge is -2.11. The molecule has 0 amide bonds. The predicted molar refractivity (Wildman–Crippen MR) is 94.4 cm³/mol. The molecule has 0 saturated heterocycles. The van der Waals surface area contributed by atoms with Crippen LogP contribution < -0.4 is 22.2 Å². The first kappa shape index (κ1) is 17.8. The van der Waals surface area contributed by atoms with Gasteiger partial charge in [-0.1, -0.05) is 0 Å². The van der Waals surface area contributed by atoms with E-state index in [0.717, 1.165) is 12.1 Å². The van der Waals surface area contributed by atoms with E-state index in [1.165, 1.54) is 12.1 Å². The van der Waals surface area contributed by atoms with E-state index in [0.29, 0.717) is 25.6 Å². The van der Waals surface area contributed by atoms with E-state index in [1.54, 1.807) is 0 Å². The second-order valence-electron chi connectivity index (χ2n) is 5.70. The lowest BCUT2D eigenvalue weighted by molar-refractivity contribution is 0.545. The van der Waals surface area contributed by atoms with Crippen LogP contribution in [0.4, 0.5) is 24.5 Å². The van der Waals surface area contributed by atoms with Gasteiger partial charge < -0.3 is 21.2 Å². The van der Waals surface area contributed by atoms with Crippen LogP contribution in [0.2, 0.25) is 0 Å². The Bertz CT molecular complexity index is 1030. The zero-order valence-electron chi connectivity index (χ0n) is 13.6. The minimum Gasteiger partial charge on any atom is -0.453 e. The van der Waals surface area contributed by atoms with E-state index < -0.39 is 28.5 Å². The van der Waals surface area contributed by atoms with Gasteiger partial charge in [0.1, 0.15) is 17.4 Å². The number of fused-ring (bicyclic) bond motifs is 1. The normalized spacial score (nSPS) is 11.1. The summed E-state index contributed by atoms with van der Waals surface area (Å²) in [5.74, 6) is -2.70. The van der Waals surface area contributed by atoms with E-state index in [4.69, 9.17) is 15.9 Å². The van der Waals surface area contributed by atoms with Gasteiger partial charge in [0.2, 0.25) is 0 Å². The van der Waals surface area contributed by atoms with Gasteiger partial charge in [0.25, 0.3) is 0 Å². The van der Waals surface area contributed by atoms with E-state index in [9.17, 15) is 18.0 Å². The van der Waals surface area contributed by atoms with Crippen molar-refractivity contribution in [1.29, 1.82) is 0 Å². The Morgan fingerprint density at radius 1 is 1.04 bits per heavy atom. The fourth-order valence-electron chi connectivity index (χ4n) is 2.58. The summed E-state index contributed by atoms with van der Waals surface area (Å²) in [6, 6.07) is 5.49. The number of hydrogen-bond acceptors (Lipinski definition) is 5. The molecule has 3 aromatic rings. The third kappa shape index (κ3) is 3.23. The molecule has 0 aliphatic heterocycles. The van der Waals surface area contributed by atoms with Gasteiger partial charge in [0.05, 0.1) is 16.8 Å². The molecule has 26 heavy (non-hydrogen) atoms. The highest BCUT2D eigenvalue weighted by Gasteiger charge is 2.19. The summed E-state index contributed by atoms with van der Waals surface area (Å²) in [6.07, 6.45) is 0.534. The Morgan fingerprint density at radius 2 is 1.81 bits per heavy atom. The van der Waals surface area contributed by atoms with E-state index in [1.807, 2.05) is 0 Å². The summed E-state index contributed by atoms with van der Waals surface area (Å²) in [7, 11) is 0. The van der Waals surface area contributed by atoms with Crippen molar-refractivity contribution in [3.8, 4) is 11.3 Å². The highest BCUT2D eigenvalue weighted by atomic mass is 19.1. The molecule has 1 aromatic heterocycles. The van der Waals surface area contributed by atoms with Crippen molar-refractivity contribution in [1.82, 2.24) is 0 Å². The molecular weight excluding hydrogens is 347 g/mol. The zero-order chi connectivity index (χ0) is 18.8. The fraction of sp³-hybridized carbons (Fsp3) is 0.167. The maximum atomic E-state index is 14.2. The van der Waals surface area contributed by atoms with E-state index >= 15 is 0 Å². The number of nitrogens with two attached hydrogens (primary N) is 2. The minimum atomic E-state index is -1.03. The van der Waals surface area contributed by atoms with Gasteiger partial charge in [-0.3, -0.25) is 4.79 Å². The predicted octanol–water partition coefficient (Wildman–Crippen LogP) is 3.22. The molecule has 5 nitrogen and oxygen atoms in total. The van der Waals surface area contributed by atoms with E-state index in [-0.39, 0.29) is 28.1 Å². The molecular formula is C18H16F3N3O2. The van der Waals surface area contributed by atoms with E-state index in [2.05, 4.69) is 5.32 Å². The molecule has 0 bridgehead atoms. The average molecular weight is 363 g/mol. The highest BCUT2D eigenvalue weighted by molar-refractivity contribution is 5.91. The molecule has 0 spiro atoms. The van der Waals surface area contributed by atoms with Gasteiger partial charge in [-0.2, -0.15) is 0 Å². The van der Waals surface area contributed by atoms with Crippen molar-refractivity contribution in [2.45, 2.75) is 6.42 Å². The van der Waals surface area contributed by atoms with Gasteiger partial charge in [-0.15, -0.1) is 0 Å². The first-order chi connectivity index (χ1) is 12.4. The Morgan fingerprint density at radius 3 is 2.50 bits per heavy atom. The number of halogens is 3. The number of nitrogens with one attached hydrogen (secondary N) is 1. The number of hydrogen-bond donors (Lipinski definition) is 3.